The van der Waals surface area contributed by atoms with Crippen molar-refractivity contribution in [3.8, 4) is 0 Å². The summed E-state index contributed by atoms with van der Waals surface area (Å²) in [6.45, 7) is 0.873. The number of hydrogen-bond acceptors (Lipinski definition) is 5. The first kappa shape index (κ1) is 12.0. The van der Waals surface area contributed by atoms with Crippen molar-refractivity contribution >= 4 is 35.1 Å². The van der Waals surface area contributed by atoms with Crippen LogP contribution in [-0.4, -0.2) is 57.9 Å². The molecule has 2 amide bonds. The van der Waals surface area contributed by atoms with Gasteiger partial charge in [0.1, 0.15) is 6.04 Å². The summed E-state index contributed by atoms with van der Waals surface area (Å²) in [5, 5.41) is 19.3. The van der Waals surface area contributed by atoms with Gasteiger partial charge in [0.05, 0.1) is 12.2 Å². The van der Waals surface area contributed by atoms with Crippen molar-refractivity contribution in [2.45, 2.75) is 6.04 Å². The van der Waals surface area contributed by atoms with Crippen molar-refractivity contribution in [1.29, 1.82) is 0 Å². The second-order valence-corrected chi connectivity index (χ2v) is 4.72. The van der Waals surface area contributed by atoms with Crippen LogP contribution in [0.2, 0.25) is 5.15 Å². The fraction of sp³-hybridized carbons (Fsp3) is 0.400. The molecule has 1 fully saturated rings. The maximum atomic E-state index is 12.0. The number of anilines is 2. The Morgan fingerprint density at radius 3 is 3.00 bits per heavy atom. The SMILES string of the molecule is O=C1Nc2nnc(Cl)cc2N2CCN(C(=O)O)C[C@H]12. The highest BCUT2D eigenvalue weighted by molar-refractivity contribution is 6.29. The molecule has 8 nitrogen and oxygen atoms in total. The predicted octanol–water partition coefficient (Wildman–Crippen LogP) is 0.251. The average Bonchev–Trinajstić information content (AvgIpc) is 2.39. The zero-order valence-electron chi connectivity index (χ0n) is 9.71. The molecule has 0 aliphatic carbocycles. The molecular weight excluding hydrogens is 274 g/mol. The van der Waals surface area contributed by atoms with Gasteiger partial charge in [-0.05, 0) is 0 Å². The maximum absolute atomic E-state index is 12.0. The zero-order valence-corrected chi connectivity index (χ0v) is 10.5. The van der Waals surface area contributed by atoms with Gasteiger partial charge < -0.3 is 20.2 Å². The van der Waals surface area contributed by atoms with Crippen LogP contribution in [0.3, 0.4) is 0 Å². The van der Waals surface area contributed by atoms with Gasteiger partial charge in [-0.2, -0.15) is 0 Å². The van der Waals surface area contributed by atoms with E-state index in [0.29, 0.717) is 24.6 Å². The molecule has 3 rings (SSSR count). The van der Waals surface area contributed by atoms with Gasteiger partial charge in [-0.3, -0.25) is 4.79 Å². The van der Waals surface area contributed by atoms with Crippen molar-refractivity contribution in [2.75, 3.05) is 29.9 Å². The van der Waals surface area contributed by atoms with Gasteiger partial charge in [0.15, 0.2) is 11.0 Å². The van der Waals surface area contributed by atoms with Gasteiger partial charge in [0.2, 0.25) is 5.91 Å². The second-order valence-electron chi connectivity index (χ2n) is 4.33. The van der Waals surface area contributed by atoms with Crippen molar-refractivity contribution in [2.24, 2.45) is 0 Å². The van der Waals surface area contributed by atoms with E-state index in [2.05, 4.69) is 15.5 Å². The van der Waals surface area contributed by atoms with Gasteiger partial charge >= 0.3 is 6.09 Å². The van der Waals surface area contributed by atoms with E-state index in [-0.39, 0.29) is 17.6 Å². The van der Waals surface area contributed by atoms with E-state index in [0.717, 1.165) is 0 Å². The molecule has 2 N–H and O–H groups in total. The van der Waals surface area contributed by atoms with E-state index in [1.165, 1.54) is 4.90 Å². The van der Waals surface area contributed by atoms with Crippen LogP contribution < -0.4 is 10.2 Å². The van der Waals surface area contributed by atoms with Crippen LogP contribution >= 0.6 is 11.6 Å². The Morgan fingerprint density at radius 2 is 2.26 bits per heavy atom. The lowest BCUT2D eigenvalue weighted by atomic mass is 10.1. The molecule has 0 bridgehead atoms. The fourth-order valence-corrected chi connectivity index (χ4v) is 2.48. The van der Waals surface area contributed by atoms with Gasteiger partial charge in [-0.15, -0.1) is 10.2 Å². The molecule has 0 spiro atoms. The molecule has 19 heavy (non-hydrogen) atoms. The Morgan fingerprint density at radius 1 is 1.47 bits per heavy atom. The molecule has 1 saturated heterocycles. The van der Waals surface area contributed by atoms with Crippen LogP contribution in [0, 0.1) is 0 Å². The van der Waals surface area contributed by atoms with E-state index in [9.17, 15) is 9.59 Å². The van der Waals surface area contributed by atoms with E-state index in [1.807, 2.05) is 4.90 Å². The molecule has 2 aliphatic heterocycles. The van der Waals surface area contributed by atoms with Crippen LogP contribution in [0.5, 0.6) is 0 Å². The normalized spacial score (nSPS) is 21.5. The summed E-state index contributed by atoms with van der Waals surface area (Å²) in [6.07, 6.45) is -1.02. The number of nitrogens with one attached hydrogen (secondary N) is 1. The minimum absolute atomic E-state index is 0.126. The Hall–Kier alpha value is -2.09. The summed E-state index contributed by atoms with van der Waals surface area (Å²) in [4.78, 5) is 26.0. The van der Waals surface area contributed by atoms with Gasteiger partial charge in [0, 0.05) is 19.2 Å². The summed E-state index contributed by atoms with van der Waals surface area (Å²) in [5.41, 5.74) is 0.676. The predicted molar refractivity (Wildman–Crippen MR) is 66.4 cm³/mol. The fourth-order valence-electron chi connectivity index (χ4n) is 2.34. The lowest BCUT2D eigenvalue weighted by molar-refractivity contribution is -0.118. The number of halogens is 1. The van der Waals surface area contributed by atoms with Gasteiger partial charge in [0.25, 0.3) is 0 Å². The molecular formula is C10H10ClN5O3. The number of carbonyl (C=O) groups is 2. The standard InChI is InChI=1S/C10H10ClN5O3/c11-7-3-5-8(14-13-7)12-9(17)6-4-15(10(18)19)1-2-16(5)6/h3,6H,1-2,4H2,(H,18,19)(H,12,14,17)/t6-/m1/s1. The van der Waals surface area contributed by atoms with Crippen LogP contribution in [0.15, 0.2) is 6.07 Å². The average molecular weight is 284 g/mol. The molecule has 9 heteroatoms. The first-order valence-corrected chi connectivity index (χ1v) is 6.02. The number of aromatic nitrogens is 2. The summed E-state index contributed by atoms with van der Waals surface area (Å²) >= 11 is 5.81. The summed E-state index contributed by atoms with van der Waals surface area (Å²) in [7, 11) is 0. The molecule has 1 atom stereocenters. The van der Waals surface area contributed by atoms with Crippen molar-refractivity contribution in [3.05, 3.63) is 11.2 Å². The molecule has 0 aromatic carbocycles. The first-order valence-electron chi connectivity index (χ1n) is 5.65. The number of amides is 2. The maximum Gasteiger partial charge on any atom is 0.407 e. The monoisotopic (exact) mass is 283 g/mol. The lowest BCUT2D eigenvalue weighted by Gasteiger charge is -2.43. The molecule has 0 radical (unpaired) electrons. The number of rotatable bonds is 0. The van der Waals surface area contributed by atoms with E-state index in [1.54, 1.807) is 6.07 Å². The third-order valence-electron chi connectivity index (χ3n) is 3.25. The van der Waals surface area contributed by atoms with Crippen LogP contribution in [0.25, 0.3) is 0 Å². The lowest BCUT2D eigenvalue weighted by Crippen LogP contribution is -2.61. The molecule has 2 aliphatic rings. The Bertz CT molecular complexity index is 566. The first-order chi connectivity index (χ1) is 9.06. The molecule has 100 valence electrons. The van der Waals surface area contributed by atoms with Crippen LogP contribution in [-0.2, 0) is 4.79 Å². The topological polar surface area (TPSA) is 98.7 Å². The third-order valence-corrected chi connectivity index (χ3v) is 3.43. The molecule has 0 unspecified atom stereocenters. The number of carbonyl (C=O) groups excluding carboxylic acids is 1. The van der Waals surface area contributed by atoms with Gasteiger partial charge in [-0.25, -0.2) is 4.79 Å². The Kier molecular flexibility index (Phi) is 2.67. The summed E-state index contributed by atoms with van der Waals surface area (Å²) in [6, 6.07) is 1.06. The summed E-state index contributed by atoms with van der Waals surface area (Å²) < 4.78 is 0. The highest BCUT2D eigenvalue weighted by Gasteiger charge is 2.39. The van der Waals surface area contributed by atoms with Crippen LogP contribution in [0.1, 0.15) is 0 Å². The van der Waals surface area contributed by atoms with Gasteiger partial charge in [-0.1, -0.05) is 11.6 Å². The Balaban J connectivity index is 1.96. The van der Waals surface area contributed by atoms with E-state index < -0.39 is 12.1 Å². The molecule has 3 heterocycles. The second kappa shape index (κ2) is 4.23. The minimum Gasteiger partial charge on any atom is -0.465 e. The number of nitrogens with zero attached hydrogens (tertiary/aromatic N) is 4. The molecule has 1 aromatic rings. The highest BCUT2D eigenvalue weighted by Crippen LogP contribution is 2.32. The number of fused-ring (bicyclic) bond motifs is 3. The molecule has 0 saturated carbocycles. The molecule has 1 aromatic heterocycles. The van der Waals surface area contributed by atoms with Crippen molar-refractivity contribution in [1.82, 2.24) is 15.1 Å². The minimum atomic E-state index is -1.02. The number of carboxylic acid groups (broad SMARTS) is 1. The van der Waals surface area contributed by atoms with Crippen molar-refractivity contribution < 1.29 is 14.7 Å². The number of hydrogen-bond donors (Lipinski definition) is 2. The quantitative estimate of drug-likeness (QED) is 0.708. The zero-order chi connectivity index (χ0) is 13.6. The number of piperazine rings is 1. The summed E-state index contributed by atoms with van der Waals surface area (Å²) in [5.74, 6) is 0.0736. The highest BCUT2D eigenvalue weighted by atomic mass is 35.5. The third kappa shape index (κ3) is 1.93. The smallest absolute Gasteiger partial charge is 0.407 e. The van der Waals surface area contributed by atoms with Crippen LogP contribution in [0.4, 0.5) is 16.3 Å². The van der Waals surface area contributed by atoms with E-state index in [4.69, 9.17) is 16.7 Å². The van der Waals surface area contributed by atoms with Crippen molar-refractivity contribution in [3.63, 3.8) is 0 Å². The van der Waals surface area contributed by atoms with E-state index >= 15 is 0 Å². The largest absolute Gasteiger partial charge is 0.465 e. The Labute approximate surface area is 113 Å².